The molecule has 30 heavy (non-hydrogen) atoms. The summed E-state index contributed by atoms with van der Waals surface area (Å²) in [7, 11) is 0. The maximum absolute atomic E-state index is 13.6. The molecule has 1 amide bonds. The molecular weight excluding hydrogens is 390 g/mol. The summed E-state index contributed by atoms with van der Waals surface area (Å²) in [5, 5.41) is 3.88. The largest absolute Gasteiger partial charge is 0.337 e. The molecule has 3 aromatic rings. The fraction of sp³-hybridized carbons (Fsp3) is 0.318. The molecule has 1 fully saturated rings. The second kappa shape index (κ2) is 8.71. The van der Waals surface area contributed by atoms with Crippen molar-refractivity contribution in [3.63, 3.8) is 0 Å². The van der Waals surface area contributed by atoms with Gasteiger partial charge in [0.25, 0.3) is 11.8 Å². The Morgan fingerprint density at radius 2 is 1.87 bits per heavy atom. The molecule has 1 unspecified atom stereocenters. The SMILES string of the molecule is Cc1noc(C2CN(Cc3cc(F)cc(F)c3)CCCN2C(=O)c2ccccc2)n1. The van der Waals surface area contributed by atoms with Crippen LogP contribution in [0.4, 0.5) is 8.78 Å². The van der Waals surface area contributed by atoms with Gasteiger partial charge in [0, 0.05) is 37.8 Å². The summed E-state index contributed by atoms with van der Waals surface area (Å²) in [4.78, 5) is 21.4. The molecule has 6 nitrogen and oxygen atoms in total. The van der Waals surface area contributed by atoms with Crippen LogP contribution in [0.15, 0.2) is 53.1 Å². The molecule has 1 saturated heterocycles. The Kier molecular flexibility index (Phi) is 5.85. The Hall–Kier alpha value is -3.13. The smallest absolute Gasteiger partial charge is 0.254 e. The molecule has 0 spiro atoms. The first-order chi connectivity index (χ1) is 14.5. The molecule has 1 aliphatic rings. The maximum Gasteiger partial charge on any atom is 0.254 e. The van der Waals surface area contributed by atoms with E-state index in [0.29, 0.717) is 55.4 Å². The van der Waals surface area contributed by atoms with Crippen molar-refractivity contribution in [1.82, 2.24) is 19.9 Å². The van der Waals surface area contributed by atoms with E-state index >= 15 is 0 Å². The van der Waals surface area contributed by atoms with Gasteiger partial charge in [0.2, 0.25) is 0 Å². The lowest BCUT2D eigenvalue weighted by molar-refractivity contribution is 0.0631. The number of aromatic nitrogens is 2. The molecule has 0 N–H and O–H groups in total. The molecule has 1 atom stereocenters. The highest BCUT2D eigenvalue weighted by molar-refractivity contribution is 5.94. The van der Waals surface area contributed by atoms with Crippen molar-refractivity contribution >= 4 is 5.91 Å². The van der Waals surface area contributed by atoms with E-state index in [1.54, 1.807) is 24.0 Å². The zero-order valence-electron chi connectivity index (χ0n) is 16.6. The number of hydrogen-bond acceptors (Lipinski definition) is 5. The number of nitrogens with zero attached hydrogens (tertiary/aromatic N) is 4. The van der Waals surface area contributed by atoms with E-state index < -0.39 is 17.7 Å². The average molecular weight is 412 g/mol. The van der Waals surface area contributed by atoms with Crippen molar-refractivity contribution < 1.29 is 18.1 Å². The third-order valence-electron chi connectivity index (χ3n) is 5.12. The molecule has 1 aromatic heterocycles. The van der Waals surface area contributed by atoms with Gasteiger partial charge in [-0.3, -0.25) is 9.69 Å². The zero-order valence-corrected chi connectivity index (χ0v) is 16.6. The molecule has 0 radical (unpaired) electrons. The molecule has 0 bridgehead atoms. The number of carbonyl (C=O) groups excluding carboxylic acids is 1. The van der Waals surface area contributed by atoms with Crippen LogP contribution in [0.2, 0.25) is 0 Å². The average Bonchev–Trinajstić information content (AvgIpc) is 3.04. The normalized spacial score (nSPS) is 17.7. The third-order valence-corrected chi connectivity index (χ3v) is 5.12. The Labute approximate surface area is 173 Å². The maximum atomic E-state index is 13.6. The first-order valence-electron chi connectivity index (χ1n) is 9.83. The number of aryl methyl sites for hydroxylation is 1. The fourth-order valence-corrected chi connectivity index (χ4v) is 3.81. The Balaban J connectivity index is 1.61. The molecule has 0 saturated carbocycles. The molecule has 0 aliphatic carbocycles. The summed E-state index contributed by atoms with van der Waals surface area (Å²) in [6, 6.07) is 12.1. The third kappa shape index (κ3) is 4.54. The zero-order chi connectivity index (χ0) is 21.1. The van der Waals surface area contributed by atoms with Crippen molar-refractivity contribution in [2.75, 3.05) is 19.6 Å². The minimum atomic E-state index is -0.607. The molecule has 156 valence electrons. The van der Waals surface area contributed by atoms with Crippen LogP contribution in [0.1, 0.15) is 40.1 Å². The van der Waals surface area contributed by atoms with Crippen molar-refractivity contribution in [2.45, 2.75) is 25.9 Å². The Bertz CT molecular complexity index is 1000. The fourth-order valence-electron chi connectivity index (χ4n) is 3.81. The Morgan fingerprint density at radius 3 is 2.53 bits per heavy atom. The lowest BCUT2D eigenvalue weighted by Gasteiger charge is -2.29. The van der Waals surface area contributed by atoms with E-state index in [1.807, 2.05) is 18.2 Å². The minimum Gasteiger partial charge on any atom is -0.337 e. The van der Waals surface area contributed by atoms with Crippen LogP contribution in [0.5, 0.6) is 0 Å². The lowest BCUT2D eigenvalue weighted by atomic mass is 10.1. The number of hydrogen-bond donors (Lipinski definition) is 0. The first-order valence-corrected chi connectivity index (χ1v) is 9.83. The molecule has 8 heteroatoms. The topological polar surface area (TPSA) is 62.5 Å². The van der Waals surface area contributed by atoms with Gasteiger partial charge in [0.15, 0.2) is 5.82 Å². The van der Waals surface area contributed by atoms with Gasteiger partial charge >= 0.3 is 0 Å². The van der Waals surface area contributed by atoms with Gasteiger partial charge in [-0.05, 0) is 43.2 Å². The van der Waals surface area contributed by atoms with Crippen LogP contribution in [0.3, 0.4) is 0 Å². The van der Waals surface area contributed by atoms with E-state index in [0.717, 1.165) is 6.07 Å². The predicted octanol–water partition coefficient (Wildman–Crippen LogP) is 3.75. The van der Waals surface area contributed by atoms with Crippen molar-refractivity contribution in [2.24, 2.45) is 0 Å². The van der Waals surface area contributed by atoms with E-state index in [9.17, 15) is 13.6 Å². The van der Waals surface area contributed by atoms with Crippen LogP contribution in [0.25, 0.3) is 0 Å². The Morgan fingerprint density at radius 1 is 1.13 bits per heavy atom. The van der Waals surface area contributed by atoms with Gasteiger partial charge < -0.3 is 9.42 Å². The van der Waals surface area contributed by atoms with Crippen molar-refractivity contribution in [3.8, 4) is 0 Å². The molecule has 2 aromatic carbocycles. The molecule has 2 heterocycles. The highest BCUT2D eigenvalue weighted by Gasteiger charge is 2.34. The monoisotopic (exact) mass is 412 g/mol. The number of halogens is 2. The highest BCUT2D eigenvalue weighted by atomic mass is 19.1. The molecule has 1 aliphatic heterocycles. The summed E-state index contributed by atoms with van der Waals surface area (Å²) in [5.41, 5.74) is 1.12. The van der Waals surface area contributed by atoms with Crippen LogP contribution in [-0.2, 0) is 6.54 Å². The van der Waals surface area contributed by atoms with Crippen LogP contribution < -0.4 is 0 Å². The van der Waals surface area contributed by atoms with Crippen LogP contribution >= 0.6 is 0 Å². The van der Waals surface area contributed by atoms with Crippen molar-refractivity contribution in [3.05, 3.63) is 83.0 Å². The second-order valence-corrected chi connectivity index (χ2v) is 7.43. The summed E-state index contributed by atoms with van der Waals surface area (Å²) in [6.07, 6.45) is 0.708. The van der Waals surface area contributed by atoms with Gasteiger partial charge in [-0.2, -0.15) is 4.98 Å². The molecule has 4 rings (SSSR count). The van der Waals surface area contributed by atoms with Gasteiger partial charge in [-0.25, -0.2) is 8.78 Å². The van der Waals surface area contributed by atoms with Gasteiger partial charge in [0.05, 0.1) is 0 Å². The second-order valence-electron chi connectivity index (χ2n) is 7.43. The summed E-state index contributed by atoms with van der Waals surface area (Å²) in [5.74, 6) is -0.487. The van der Waals surface area contributed by atoms with Crippen molar-refractivity contribution in [1.29, 1.82) is 0 Å². The van der Waals surface area contributed by atoms with Gasteiger partial charge in [-0.1, -0.05) is 23.4 Å². The van der Waals surface area contributed by atoms with Crippen LogP contribution in [0, 0.1) is 18.6 Å². The number of rotatable bonds is 4. The summed E-state index contributed by atoms with van der Waals surface area (Å²) >= 11 is 0. The van der Waals surface area contributed by atoms with Crippen LogP contribution in [-0.4, -0.2) is 45.5 Å². The lowest BCUT2D eigenvalue weighted by Crippen LogP contribution is -2.38. The summed E-state index contributed by atoms with van der Waals surface area (Å²) < 4.78 is 32.6. The van der Waals surface area contributed by atoms with Gasteiger partial charge in [0.1, 0.15) is 17.7 Å². The standard InChI is InChI=1S/C22H22F2N4O2/c1-15-25-21(30-26-15)20-14-27(13-16-10-18(23)12-19(24)11-16)8-5-9-28(20)22(29)17-6-3-2-4-7-17/h2-4,6-7,10-12,20H,5,8-9,13-14H2,1H3. The predicted molar refractivity (Wildman–Crippen MR) is 106 cm³/mol. The van der Waals surface area contributed by atoms with E-state index in [2.05, 4.69) is 15.0 Å². The quantitative estimate of drug-likeness (QED) is 0.653. The van der Waals surface area contributed by atoms with E-state index in [-0.39, 0.29) is 5.91 Å². The summed E-state index contributed by atoms with van der Waals surface area (Å²) in [6.45, 7) is 3.67. The minimum absolute atomic E-state index is 0.116. The first kappa shape index (κ1) is 20.2. The number of amides is 1. The molecular formula is C22H22F2N4O2. The van der Waals surface area contributed by atoms with Gasteiger partial charge in [-0.15, -0.1) is 0 Å². The van der Waals surface area contributed by atoms with E-state index in [1.165, 1.54) is 12.1 Å². The number of carbonyl (C=O) groups is 1. The number of benzene rings is 2. The highest BCUT2D eigenvalue weighted by Crippen LogP contribution is 2.27. The van der Waals surface area contributed by atoms with E-state index in [4.69, 9.17) is 4.52 Å².